The van der Waals surface area contributed by atoms with Crippen LogP contribution in [0.1, 0.15) is 56.3 Å². The van der Waals surface area contributed by atoms with Crippen molar-refractivity contribution in [3.63, 3.8) is 0 Å². The second-order valence-electron chi connectivity index (χ2n) is 9.54. The molecule has 2 aromatic heterocycles. The van der Waals surface area contributed by atoms with Crippen molar-refractivity contribution in [3.05, 3.63) is 59.7 Å². The minimum absolute atomic E-state index is 0.135. The number of nitrogens with zero attached hydrogens (tertiary/aromatic N) is 5. The monoisotopic (exact) mass is 530 g/mol. The average molecular weight is 531 g/mol. The highest BCUT2D eigenvalue weighted by molar-refractivity contribution is 7.89. The first-order valence-corrected chi connectivity index (χ1v) is 14.4. The van der Waals surface area contributed by atoms with Crippen LogP contribution in [0, 0.1) is 12.7 Å². The van der Waals surface area contributed by atoms with E-state index in [1.807, 2.05) is 42.8 Å². The molecule has 0 unspecified atom stereocenters. The molecule has 1 N–H and O–H groups in total. The number of carbonyl (C=O) groups is 1. The molecule has 4 heterocycles. The van der Waals surface area contributed by atoms with Crippen LogP contribution in [0.15, 0.2) is 42.6 Å². The summed E-state index contributed by atoms with van der Waals surface area (Å²) in [6.45, 7) is 5.83. The Morgan fingerprint density at radius 2 is 1.92 bits per heavy atom. The Labute approximate surface area is 217 Å². The highest BCUT2D eigenvalue weighted by Gasteiger charge is 2.28. The van der Waals surface area contributed by atoms with Crippen LogP contribution in [-0.2, 0) is 14.8 Å². The number of hydrogen-bond donors (Lipinski definition) is 1. The van der Waals surface area contributed by atoms with E-state index in [2.05, 4.69) is 15.2 Å². The van der Waals surface area contributed by atoms with E-state index in [1.54, 1.807) is 12.1 Å². The predicted molar refractivity (Wildman–Crippen MR) is 141 cm³/mol. The molecule has 2 aliphatic heterocycles. The van der Waals surface area contributed by atoms with E-state index in [0.717, 1.165) is 42.1 Å². The Morgan fingerprint density at radius 1 is 1.14 bits per heavy atom. The number of nitrogens with one attached hydrogen (secondary N) is 1. The first-order valence-electron chi connectivity index (χ1n) is 12.8. The van der Waals surface area contributed by atoms with E-state index in [9.17, 15) is 17.6 Å². The first kappa shape index (κ1) is 27.0. The number of fused-ring (bicyclic) bond motifs is 1. The number of rotatable bonds is 7. The van der Waals surface area contributed by atoms with Crippen molar-refractivity contribution in [2.45, 2.75) is 58.0 Å². The fourth-order valence-corrected chi connectivity index (χ4v) is 6.56. The molecule has 3 aromatic rings. The number of hydrogen-bond acceptors (Lipinski definition) is 6. The molecule has 1 amide bonds. The van der Waals surface area contributed by atoms with Crippen LogP contribution < -0.4 is 10.2 Å². The molecule has 37 heavy (non-hydrogen) atoms. The number of sulfonamides is 1. The van der Waals surface area contributed by atoms with E-state index < -0.39 is 10.0 Å². The molecule has 0 bridgehead atoms. The highest BCUT2D eigenvalue weighted by Crippen LogP contribution is 2.35. The quantitative estimate of drug-likeness (QED) is 0.470. The molecule has 2 aliphatic rings. The van der Waals surface area contributed by atoms with Crippen molar-refractivity contribution in [1.29, 1.82) is 0 Å². The Hall–Kier alpha value is -3.05. The second-order valence-corrected chi connectivity index (χ2v) is 11.6. The van der Waals surface area contributed by atoms with Gasteiger partial charge in [-0.15, -0.1) is 5.10 Å². The third kappa shape index (κ3) is 6.45. The van der Waals surface area contributed by atoms with Crippen LogP contribution in [0.4, 0.5) is 10.2 Å². The van der Waals surface area contributed by atoms with Gasteiger partial charge in [-0.3, -0.25) is 4.79 Å². The standard InChI is InChI=1S/C17H17FN4.C9H18N2O3S/c1-12-11-19-16-7-8-17(20-22(12)16)21-9-3-6-15(21)13-4-2-5-14(18)10-13;1-2-7-15(13,14)11-5-3-9(4-6-11)10-8-12/h2,4-5,7-8,10-11,15H,3,6,9H2,1H3;8-9H,2-7H2,1H3,(H,10,12)/t15-;/m1./s1. The number of aryl methyl sites for hydroxylation is 1. The lowest BCUT2D eigenvalue weighted by Crippen LogP contribution is -2.45. The zero-order valence-corrected chi connectivity index (χ0v) is 22.2. The summed E-state index contributed by atoms with van der Waals surface area (Å²) in [5.74, 6) is 0.956. The molecular weight excluding hydrogens is 495 g/mol. The van der Waals surface area contributed by atoms with Gasteiger partial charge in [0.05, 0.1) is 23.7 Å². The van der Waals surface area contributed by atoms with E-state index in [1.165, 1.54) is 10.4 Å². The van der Waals surface area contributed by atoms with E-state index >= 15 is 0 Å². The van der Waals surface area contributed by atoms with Crippen molar-refractivity contribution in [2.75, 3.05) is 30.3 Å². The van der Waals surface area contributed by atoms with Gasteiger partial charge in [-0.25, -0.2) is 26.6 Å². The molecular formula is C26H35FN6O3S. The SMILES string of the molecule is CCCS(=O)(=O)N1CCC(NC=O)CC1.Cc1cnc2ccc(N3CCC[C@@H]3c3cccc(F)c3)nn12. The lowest BCUT2D eigenvalue weighted by molar-refractivity contribution is -0.110. The summed E-state index contributed by atoms with van der Waals surface area (Å²) in [6.07, 6.45) is 6.68. The van der Waals surface area contributed by atoms with Gasteiger partial charge < -0.3 is 10.2 Å². The largest absolute Gasteiger partial charge is 0.356 e. The van der Waals surface area contributed by atoms with Gasteiger partial charge in [-0.2, -0.15) is 0 Å². The molecule has 0 spiro atoms. The Bertz CT molecular complexity index is 1310. The molecule has 2 fully saturated rings. The molecule has 1 atom stereocenters. The number of aromatic nitrogens is 3. The molecule has 2 saturated heterocycles. The third-order valence-electron chi connectivity index (χ3n) is 6.91. The summed E-state index contributed by atoms with van der Waals surface area (Å²) in [6, 6.07) is 11.2. The van der Waals surface area contributed by atoms with Gasteiger partial charge in [0.2, 0.25) is 16.4 Å². The zero-order valence-electron chi connectivity index (χ0n) is 21.4. The Balaban J connectivity index is 0.000000188. The Kier molecular flexibility index (Phi) is 8.75. The molecule has 0 saturated carbocycles. The normalized spacial score (nSPS) is 19.0. The van der Waals surface area contributed by atoms with E-state index in [0.29, 0.717) is 38.8 Å². The van der Waals surface area contributed by atoms with Crippen LogP contribution in [0.2, 0.25) is 0 Å². The van der Waals surface area contributed by atoms with Crippen LogP contribution in [0.3, 0.4) is 0 Å². The second kappa shape index (κ2) is 12.0. The summed E-state index contributed by atoms with van der Waals surface area (Å²) in [7, 11) is -3.05. The van der Waals surface area contributed by atoms with Crippen molar-refractivity contribution in [3.8, 4) is 0 Å². The predicted octanol–water partition coefficient (Wildman–Crippen LogP) is 3.45. The number of piperidine rings is 1. The minimum Gasteiger partial charge on any atom is -0.356 e. The van der Waals surface area contributed by atoms with Crippen LogP contribution in [0.5, 0.6) is 0 Å². The van der Waals surface area contributed by atoms with E-state index in [4.69, 9.17) is 5.10 Å². The number of amides is 1. The number of imidazole rings is 1. The number of anilines is 1. The average Bonchev–Trinajstić information content (AvgIpc) is 3.52. The van der Waals surface area contributed by atoms with Gasteiger partial charge in [-0.05, 0) is 68.9 Å². The first-order chi connectivity index (χ1) is 17.8. The maximum Gasteiger partial charge on any atom is 0.214 e. The van der Waals surface area contributed by atoms with Gasteiger partial charge in [0.15, 0.2) is 5.65 Å². The number of benzene rings is 1. The van der Waals surface area contributed by atoms with Crippen LogP contribution in [-0.4, -0.2) is 65.2 Å². The molecule has 9 nitrogen and oxygen atoms in total. The maximum atomic E-state index is 13.5. The van der Waals surface area contributed by atoms with Crippen molar-refractivity contribution < 1.29 is 17.6 Å². The summed E-state index contributed by atoms with van der Waals surface area (Å²) in [4.78, 5) is 16.8. The highest BCUT2D eigenvalue weighted by atomic mass is 32.2. The van der Waals surface area contributed by atoms with Gasteiger partial charge in [-0.1, -0.05) is 19.1 Å². The van der Waals surface area contributed by atoms with Crippen LogP contribution in [0.25, 0.3) is 5.65 Å². The lowest BCUT2D eigenvalue weighted by atomic mass is 10.0. The zero-order chi connectivity index (χ0) is 26.4. The third-order valence-corrected chi connectivity index (χ3v) is 8.99. The summed E-state index contributed by atoms with van der Waals surface area (Å²) >= 11 is 0. The van der Waals surface area contributed by atoms with Gasteiger partial charge in [0, 0.05) is 25.7 Å². The fraction of sp³-hybridized carbons (Fsp3) is 0.500. The lowest BCUT2D eigenvalue weighted by Gasteiger charge is -2.30. The van der Waals surface area contributed by atoms with Crippen molar-refractivity contribution >= 4 is 27.9 Å². The number of halogens is 1. The molecule has 5 rings (SSSR count). The maximum absolute atomic E-state index is 13.5. The molecule has 0 aliphatic carbocycles. The molecule has 11 heteroatoms. The molecule has 200 valence electrons. The smallest absolute Gasteiger partial charge is 0.214 e. The Morgan fingerprint density at radius 3 is 2.62 bits per heavy atom. The summed E-state index contributed by atoms with van der Waals surface area (Å²) in [5, 5.41) is 7.39. The van der Waals surface area contributed by atoms with Gasteiger partial charge >= 0.3 is 0 Å². The van der Waals surface area contributed by atoms with E-state index in [-0.39, 0.29) is 23.7 Å². The topological polar surface area (TPSA) is 99.9 Å². The van der Waals surface area contributed by atoms with Gasteiger partial charge in [0.1, 0.15) is 11.6 Å². The van der Waals surface area contributed by atoms with Crippen molar-refractivity contribution in [1.82, 2.24) is 24.2 Å². The molecule has 1 aromatic carbocycles. The summed E-state index contributed by atoms with van der Waals surface area (Å²) in [5.41, 5.74) is 2.88. The van der Waals surface area contributed by atoms with Crippen molar-refractivity contribution in [2.24, 2.45) is 0 Å². The summed E-state index contributed by atoms with van der Waals surface area (Å²) < 4.78 is 40.3. The number of carbonyl (C=O) groups excluding carboxylic acids is 1. The minimum atomic E-state index is -3.05. The van der Waals surface area contributed by atoms with Gasteiger partial charge in [0.25, 0.3) is 0 Å². The van der Waals surface area contributed by atoms with Crippen LogP contribution >= 0.6 is 0 Å². The molecule has 0 radical (unpaired) electrons. The fourth-order valence-electron chi connectivity index (χ4n) is 5.02.